The highest BCUT2D eigenvalue weighted by atomic mass is 16.4. The van der Waals surface area contributed by atoms with Crippen molar-refractivity contribution in [1.82, 2.24) is 9.97 Å². The fourth-order valence-corrected chi connectivity index (χ4v) is 2.38. The van der Waals surface area contributed by atoms with Crippen LogP contribution < -0.4 is 0 Å². The molecule has 0 bridgehead atoms. The maximum absolute atomic E-state index is 5.70. The van der Waals surface area contributed by atoms with Gasteiger partial charge in [-0.2, -0.15) is 0 Å². The van der Waals surface area contributed by atoms with Crippen molar-refractivity contribution in [2.24, 2.45) is 0 Å². The second-order valence-corrected chi connectivity index (χ2v) is 5.38. The van der Waals surface area contributed by atoms with E-state index in [0.29, 0.717) is 11.8 Å². The molecule has 0 amide bonds. The van der Waals surface area contributed by atoms with Gasteiger partial charge in [0.15, 0.2) is 11.2 Å². The highest BCUT2D eigenvalue weighted by molar-refractivity contribution is 5.78. The summed E-state index contributed by atoms with van der Waals surface area (Å²) in [4.78, 5) is 8.83. The minimum absolute atomic E-state index is 0.541. The van der Waals surface area contributed by atoms with Crippen LogP contribution in [0.5, 0.6) is 0 Å². The molecule has 0 fully saturated rings. The van der Waals surface area contributed by atoms with Gasteiger partial charge in [-0.1, -0.05) is 12.1 Å². The zero-order chi connectivity index (χ0) is 15.1. The third-order valence-electron chi connectivity index (χ3n) is 3.49. The molecule has 0 radical (unpaired) electrons. The molecule has 4 heteroatoms. The van der Waals surface area contributed by atoms with Crippen LogP contribution in [0.3, 0.4) is 0 Å². The van der Waals surface area contributed by atoms with Gasteiger partial charge in [-0.3, -0.25) is 0 Å². The minimum Gasteiger partial charge on any atom is -0.437 e. The maximum atomic E-state index is 5.70. The number of benzene rings is 2. The quantitative estimate of drug-likeness (QED) is 0.534. The van der Waals surface area contributed by atoms with Crippen molar-refractivity contribution in [3.8, 4) is 0 Å². The van der Waals surface area contributed by atoms with Crippen LogP contribution in [-0.4, -0.2) is 9.97 Å². The molecule has 0 aliphatic carbocycles. The van der Waals surface area contributed by atoms with E-state index in [4.69, 9.17) is 8.83 Å². The molecule has 0 N–H and O–H groups in total. The van der Waals surface area contributed by atoms with Gasteiger partial charge in [-0.05, 0) is 49.2 Å². The molecule has 0 aliphatic rings. The monoisotopic (exact) mass is 290 g/mol. The van der Waals surface area contributed by atoms with Gasteiger partial charge in [-0.15, -0.1) is 0 Å². The Balaban J connectivity index is 1.68. The first-order chi connectivity index (χ1) is 10.7. The molecule has 4 rings (SSSR count). The van der Waals surface area contributed by atoms with E-state index in [9.17, 15) is 0 Å². The highest BCUT2D eigenvalue weighted by Crippen LogP contribution is 2.20. The Kier molecular flexibility index (Phi) is 2.82. The number of rotatable bonds is 2. The Bertz CT molecular complexity index is 926. The summed E-state index contributed by atoms with van der Waals surface area (Å²) >= 11 is 0. The summed E-state index contributed by atoms with van der Waals surface area (Å²) in [6.07, 6.45) is 3.54. The second-order valence-electron chi connectivity index (χ2n) is 5.38. The molecular formula is C18H14N2O2. The number of nitrogens with zero attached hydrogens (tertiary/aromatic N) is 2. The molecule has 0 unspecified atom stereocenters. The Morgan fingerprint density at radius 2 is 1.18 bits per heavy atom. The summed E-state index contributed by atoms with van der Waals surface area (Å²) in [5.74, 6) is 1.08. The summed E-state index contributed by atoms with van der Waals surface area (Å²) < 4.78 is 11.4. The topological polar surface area (TPSA) is 52.1 Å². The van der Waals surface area contributed by atoms with Crippen molar-refractivity contribution >= 4 is 34.4 Å². The van der Waals surface area contributed by atoms with Crippen molar-refractivity contribution < 1.29 is 8.83 Å². The van der Waals surface area contributed by atoms with Crippen LogP contribution >= 0.6 is 0 Å². The number of hydrogen-bond donors (Lipinski definition) is 0. The molecule has 0 aliphatic heterocycles. The summed E-state index contributed by atoms with van der Waals surface area (Å²) in [7, 11) is 0. The lowest BCUT2D eigenvalue weighted by molar-refractivity contribution is 0.583. The van der Waals surface area contributed by atoms with Gasteiger partial charge in [0.2, 0.25) is 11.8 Å². The van der Waals surface area contributed by atoms with E-state index in [-0.39, 0.29) is 0 Å². The lowest BCUT2D eigenvalue weighted by Crippen LogP contribution is -1.72. The Labute approximate surface area is 127 Å². The predicted molar refractivity (Wildman–Crippen MR) is 86.4 cm³/mol. The number of aryl methyl sites for hydroxylation is 2. The van der Waals surface area contributed by atoms with Crippen molar-refractivity contribution in [1.29, 1.82) is 0 Å². The van der Waals surface area contributed by atoms with E-state index in [1.165, 1.54) is 0 Å². The third kappa shape index (κ3) is 2.29. The van der Waals surface area contributed by atoms with Gasteiger partial charge in [0.1, 0.15) is 11.0 Å². The van der Waals surface area contributed by atoms with E-state index < -0.39 is 0 Å². The van der Waals surface area contributed by atoms with Crippen LogP contribution in [0.25, 0.3) is 34.4 Å². The SMILES string of the molecule is Cc1ccc2nc(/C=C/c3nc4ccc(C)cc4o3)oc2c1. The molecule has 2 aromatic carbocycles. The lowest BCUT2D eigenvalue weighted by atomic mass is 10.2. The Morgan fingerprint density at radius 1 is 0.727 bits per heavy atom. The van der Waals surface area contributed by atoms with Crippen molar-refractivity contribution in [3.63, 3.8) is 0 Å². The zero-order valence-electron chi connectivity index (χ0n) is 12.3. The largest absolute Gasteiger partial charge is 0.437 e. The maximum Gasteiger partial charge on any atom is 0.220 e. The minimum atomic E-state index is 0.541. The van der Waals surface area contributed by atoms with E-state index in [0.717, 1.165) is 33.3 Å². The van der Waals surface area contributed by atoms with Gasteiger partial charge in [0.25, 0.3) is 0 Å². The lowest BCUT2D eigenvalue weighted by Gasteiger charge is -1.88. The fraction of sp³-hybridized carbons (Fsp3) is 0.111. The van der Waals surface area contributed by atoms with Crippen molar-refractivity contribution in [2.45, 2.75) is 13.8 Å². The molecule has 108 valence electrons. The van der Waals surface area contributed by atoms with E-state index >= 15 is 0 Å². The van der Waals surface area contributed by atoms with Gasteiger partial charge in [0, 0.05) is 12.2 Å². The van der Waals surface area contributed by atoms with Crippen LogP contribution in [0.2, 0.25) is 0 Å². The molecule has 0 saturated carbocycles. The van der Waals surface area contributed by atoms with Gasteiger partial charge in [-0.25, -0.2) is 9.97 Å². The Morgan fingerprint density at radius 3 is 1.64 bits per heavy atom. The summed E-state index contributed by atoms with van der Waals surface area (Å²) in [6.45, 7) is 4.05. The number of oxazole rings is 2. The number of aromatic nitrogens is 2. The average Bonchev–Trinajstić information content (AvgIpc) is 3.07. The molecule has 4 nitrogen and oxygen atoms in total. The predicted octanol–water partition coefficient (Wildman–Crippen LogP) is 4.76. The molecule has 4 aromatic rings. The fourth-order valence-electron chi connectivity index (χ4n) is 2.38. The van der Waals surface area contributed by atoms with E-state index in [1.807, 2.05) is 50.2 Å². The third-order valence-corrected chi connectivity index (χ3v) is 3.49. The molecule has 2 aromatic heterocycles. The second kappa shape index (κ2) is 4.84. The average molecular weight is 290 g/mol. The molecule has 0 atom stereocenters. The van der Waals surface area contributed by atoms with Gasteiger partial charge < -0.3 is 8.83 Å². The van der Waals surface area contributed by atoms with Crippen LogP contribution in [-0.2, 0) is 0 Å². The molecular weight excluding hydrogens is 276 g/mol. The molecule has 0 spiro atoms. The first-order valence-electron chi connectivity index (χ1n) is 7.10. The molecule has 2 heterocycles. The van der Waals surface area contributed by atoms with Crippen LogP contribution in [0, 0.1) is 13.8 Å². The van der Waals surface area contributed by atoms with E-state index in [1.54, 1.807) is 12.2 Å². The van der Waals surface area contributed by atoms with Gasteiger partial charge in [0.05, 0.1) is 0 Å². The van der Waals surface area contributed by atoms with Crippen molar-refractivity contribution in [2.75, 3.05) is 0 Å². The van der Waals surface area contributed by atoms with Crippen LogP contribution in [0.1, 0.15) is 22.9 Å². The first kappa shape index (κ1) is 12.8. The number of fused-ring (bicyclic) bond motifs is 2. The first-order valence-corrected chi connectivity index (χ1v) is 7.10. The smallest absolute Gasteiger partial charge is 0.220 e. The summed E-state index contributed by atoms with van der Waals surface area (Å²) in [5.41, 5.74) is 5.56. The summed E-state index contributed by atoms with van der Waals surface area (Å²) in [5, 5.41) is 0. The summed E-state index contributed by atoms with van der Waals surface area (Å²) in [6, 6.07) is 11.9. The normalized spacial score (nSPS) is 11.9. The van der Waals surface area contributed by atoms with E-state index in [2.05, 4.69) is 9.97 Å². The van der Waals surface area contributed by atoms with Crippen molar-refractivity contribution in [3.05, 3.63) is 59.3 Å². The zero-order valence-corrected chi connectivity index (χ0v) is 12.3. The van der Waals surface area contributed by atoms with Crippen LogP contribution in [0.4, 0.5) is 0 Å². The standard InChI is InChI=1S/C18H14N2O2/c1-11-3-5-13-15(9-11)21-17(19-13)7-8-18-20-14-6-4-12(2)10-16(14)22-18/h3-10H,1-2H3/b8-7+. The Hall–Kier alpha value is -2.88. The highest BCUT2D eigenvalue weighted by Gasteiger charge is 2.05. The number of hydrogen-bond acceptors (Lipinski definition) is 4. The molecule has 0 saturated heterocycles. The van der Waals surface area contributed by atoms with Gasteiger partial charge >= 0.3 is 0 Å². The van der Waals surface area contributed by atoms with Crippen LogP contribution in [0.15, 0.2) is 45.2 Å². The molecule has 22 heavy (non-hydrogen) atoms.